The SMILES string of the molecule is O.O.O=C(O)CN(CCN(CC(=O)O)CC(=O)O)CC(=O)O.O=S([O-])O.[Na+]. The van der Waals surface area contributed by atoms with Crippen LogP contribution in [0.15, 0.2) is 0 Å². The van der Waals surface area contributed by atoms with Crippen LogP contribution in [0.4, 0.5) is 0 Å². The van der Waals surface area contributed by atoms with Crippen LogP contribution < -0.4 is 29.6 Å². The summed E-state index contributed by atoms with van der Waals surface area (Å²) in [6, 6.07) is 0. The molecule has 0 aliphatic rings. The number of carboxylic acid groups (broad SMARTS) is 4. The first-order valence-electron chi connectivity index (χ1n) is 6.04. The van der Waals surface area contributed by atoms with E-state index in [4.69, 9.17) is 33.7 Å². The van der Waals surface area contributed by atoms with Crippen LogP contribution >= 0.6 is 0 Å². The van der Waals surface area contributed by atoms with Crippen LogP contribution in [0.2, 0.25) is 0 Å². The Morgan fingerprint density at radius 3 is 0.963 bits per heavy atom. The summed E-state index contributed by atoms with van der Waals surface area (Å²) in [6.45, 7) is -2.25. The molecule has 9 N–H and O–H groups in total. The number of hydrogen-bond donors (Lipinski definition) is 5. The summed E-state index contributed by atoms with van der Waals surface area (Å²) in [6.07, 6.45) is 0. The standard InChI is InChI=1S/C10H16N2O8.Na.H2O3S.2H2O/c13-7(14)3-11(4-8(15)16)1-2-12(5-9(17)18)6-10(19)20;;1-4(2)3;;/h1-6H2,(H,13,14)(H,15,16)(H,17,18)(H,19,20);;(H2,1,2,3);2*1H2/q;+1;;;/p-1. The van der Waals surface area contributed by atoms with E-state index in [1.54, 1.807) is 0 Å². The Morgan fingerprint density at radius 2 is 0.852 bits per heavy atom. The summed E-state index contributed by atoms with van der Waals surface area (Å²) in [7, 11) is 0. The molecule has 0 saturated heterocycles. The third kappa shape index (κ3) is 32.9. The summed E-state index contributed by atoms with van der Waals surface area (Å²) in [5, 5.41) is 34.5. The van der Waals surface area contributed by atoms with Gasteiger partial charge in [0.1, 0.15) is 0 Å². The van der Waals surface area contributed by atoms with Gasteiger partial charge in [-0.1, -0.05) is 0 Å². The van der Waals surface area contributed by atoms with Crippen molar-refractivity contribution in [2.24, 2.45) is 0 Å². The summed E-state index contributed by atoms with van der Waals surface area (Å²) in [5.41, 5.74) is 0. The maximum absolute atomic E-state index is 10.6. The van der Waals surface area contributed by atoms with Crippen molar-refractivity contribution in [3.8, 4) is 0 Å². The van der Waals surface area contributed by atoms with Crippen LogP contribution in [0.25, 0.3) is 0 Å². The molecule has 0 aliphatic carbocycles. The second kappa shape index (κ2) is 21.1. The maximum Gasteiger partial charge on any atom is 1.00 e. The van der Waals surface area contributed by atoms with Crippen molar-refractivity contribution in [1.82, 2.24) is 9.80 Å². The number of rotatable bonds is 11. The quantitative estimate of drug-likeness (QED) is 0.150. The van der Waals surface area contributed by atoms with Crippen LogP contribution in [-0.4, -0.2) is 118 Å². The predicted octanol–water partition coefficient (Wildman–Crippen LogP) is -7.38. The molecule has 0 aromatic heterocycles. The van der Waals surface area contributed by atoms with Crippen LogP contribution in [-0.2, 0) is 30.5 Å². The Kier molecular flexibility index (Phi) is 28.6. The Hall–Kier alpha value is -1.21. The third-order valence-corrected chi connectivity index (χ3v) is 2.17. The van der Waals surface area contributed by atoms with Gasteiger partial charge in [0, 0.05) is 13.1 Å². The van der Waals surface area contributed by atoms with E-state index in [0.29, 0.717) is 0 Å². The predicted molar refractivity (Wildman–Crippen MR) is 82.2 cm³/mol. The number of aliphatic carboxylic acids is 4. The van der Waals surface area contributed by atoms with Gasteiger partial charge >= 0.3 is 53.4 Å². The first-order valence-corrected chi connectivity index (χ1v) is 7.07. The second-order valence-electron chi connectivity index (χ2n) is 4.21. The van der Waals surface area contributed by atoms with Crippen molar-refractivity contribution < 1.29 is 93.4 Å². The molecule has 0 fully saturated rings. The minimum absolute atomic E-state index is 0. The molecule has 17 heteroatoms. The smallest absolute Gasteiger partial charge is 0.750 e. The van der Waals surface area contributed by atoms with E-state index in [2.05, 4.69) is 0 Å². The molecule has 0 radical (unpaired) electrons. The monoisotopic (exact) mass is 432 g/mol. The first kappa shape index (κ1) is 36.7. The number of carbonyl (C=O) groups is 4. The molecule has 0 heterocycles. The van der Waals surface area contributed by atoms with Crippen LogP contribution in [0.1, 0.15) is 0 Å². The van der Waals surface area contributed by atoms with Gasteiger partial charge in [-0.15, -0.1) is 0 Å². The molecule has 0 amide bonds. The van der Waals surface area contributed by atoms with Crippen molar-refractivity contribution >= 4 is 35.2 Å². The van der Waals surface area contributed by atoms with Gasteiger partial charge in [-0.3, -0.25) is 29.0 Å². The molecule has 27 heavy (non-hydrogen) atoms. The maximum atomic E-state index is 10.6. The van der Waals surface area contributed by atoms with E-state index in [-0.39, 0.29) is 53.6 Å². The number of carboxylic acids is 4. The van der Waals surface area contributed by atoms with Gasteiger partial charge in [0.05, 0.1) is 37.5 Å². The van der Waals surface area contributed by atoms with Crippen molar-refractivity contribution in [3.05, 3.63) is 0 Å². The average Bonchev–Trinajstić information content (AvgIpc) is 2.32. The molecule has 0 aromatic rings. The Balaban J connectivity index is -0.000000209. The molecule has 1 atom stereocenters. The number of nitrogens with zero attached hydrogens (tertiary/aromatic N) is 2. The van der Waals surface area contributed by atoms with E-state index < -0.39 is 61.4 Å². The van der Waals surface area contributed by atoms with Gasteiger partial charge in [0.15, 0.2) is 0 Å². The van der Waals surface area contributed by atoms with Gasteiger partial charge in [-0.05, 0) is 0 Å². The van der Waals surface area contributed by atoms with Crippen molar-refractivity contribution in [1.29, 1.82) is 0 Å². The molecule has 0 bridgehead atoms. The van der Waals surface area contributed by atoms with Gasteiger partial charge in [-0.25, -0.2) is 4.21 Å². The van der Waals surface area contributed by atoms with E-state index in [9.17, 15) is 19.2 Å². The van der Waals surface area contributed by atoms with Crippen LogP contribution in [0.5, 0.6) is 0 Å². The minimum atomic E-state index is -2.86. The average molecular weight is 432 g/mol. The summed E-state index contributed by atoms with van der Waals surface area (Å²) >= 11 is -2.86. The first-order chi connectivity index (χ1) is 10.9. The third-order valence-electron chi connectivity index (χ3n) is 2.17. The molecule has 0 rings (SSSR count). The summed E-state index contributed by atoms with van der Waals surface area (Å²) in [5.74, 6) is -4.91. The second-order valence-corrected chi connectivity index (χ2v) is 4.65. The topological polar surface area (TPSA) is 279 Å². The largest absolute Gasteiger partial charge is 1.00 e. The molecule has 0 aromatic carbocycles. The number of hydrogen-bond acceptors (Lipinski definition) is 8. The van der Waals surface area contributed by atoms with E-state index in [0.717, 1.165) is 9.80 Å². The fourth-order valence-corrected chi connectivity index (χ4v) is 1.48. The molecular weight excluding hydrogens is 411 g/mol. The fourth-order valence-electron chi connectivity index (χ4n) is 1.48. The Morgan fingerprint density at radius 1 is 0.704 bits per heavy atom. The van der Waals surface area contributed by atoms with Gasteiger partial charge in [0.2, 0.25) is 0 Å². The zero-order valence-corrected chi connectivity index (χ0v) is 17.0. The van der Waals surface area contributed by atoms with E-state index in [1.165, 1.54) is 0 Å². The molecule has 156 valence electrons. The van der Waals surface area contributed by atoms with Crippen molar-refractivity contribution in [3.63, 3.8) is 0 Å². The van der Waals surface area contributed by atoms with E-state index in [1.807, 2.05) is 0 Å². The van der Waals surface area contributed by atoms with Crippen molar-refractivity contribution in [2.45, 2.75) is 0 Å². The molecule has 0 aliphatic heterocycles. The minimum Gasteiger partial charge on any atom is -0.750 e. The Bertz CT molecular complexity index is 406. The van der Waals surface area contributed by atoms with E-state index >= 15 is 0 Å². The van der Waals surface area contributed by atoms with Crippen LogP contribution in [0, 0.1) is 0 Å². The van der Waals surface area contributed by atoms with Gasteiger partial charge in [-0.2, -0.15) is 0 Å². The van der Waals surface area contributed by atoms with Gasteiger partial charge < -0.3 is 40.5 Å². The van der Waals surface area contributed by atoms with Crippen molar-refractivity contribution in [2.75, 3.05) is 39.3 Å². The fraction of sp³-hybridized carbons (Fsp3) is 0.600. The zero-order chi connectivity index (χ0) is 19.3. The summed E-state index contributed by atoms with van der Waals surface area (Å²) in [4.78, 5) is 44.4. The molecule has 0 spiro atoms. The molecular formula is C10H21N2NaO13S. The normalized spacial score (nSPS) is 10.2. The Labute approximate surface area is 177 Å². The van der Waals surface area contributed by atoms with Gasteiger partial charge in [0.25, 0.3) is 0 Å². The zero-order valence-electron chi connectivity index (χ0n) is 14.2. The molecule has 15 nitrogen and oxygen atoms in total. The summed E-state index contributed by atoms with van der Waals surface area (Å²) < 4.78 is 24.1. The van der Waals surface area contributed by atoms with Crippen LogP contribution in [0.3, 0.4) is 0 Å². The molecule has 1 unspecified atom stereocenters. The molecule has 0 saturated carbocycles.